The van der Waals surface area contributed by atoms with Gasteiger partial charge in [0.15, 0.2) is 0 Å². The van der Waals surface area contributed by atoms with Gasteiger partial charge < -0.3 is 49.4 Å². The molecule has 3 N–H and O–H groups in total. The molecular weight excluding hydrogens is 1200 g/mol. The third kappa shape index (κ3) is 17.8. The molecule has 2 aromatic heterocycles. The highest BCUT2D eigenvalue weighted by molar-refractivity contribution is 6.30. The molecule has 5 aromatic rings. The number of fused-ring (bicyclic) bond motifs is 1. The van der Waals surface area contributed by atoms with E-state index in [0.29, 0.717) is 115 Å². The number of carbonyl (C=O) groups is 6. The van der Waals surface area contributed by atoms with Crippen LogP contribution < -0.4 is 15.5 Å². The molecule has 1 unspecified atom stereocenters. The van der Waals surface area contributed by atoms with Gasteiger partial charge in [-0.05, 0) is 147 Å². The SMILES string of the molecule is CC(C)(C)OC(=O)NC1(C(=O)N[C@@H](CCN2CCN(C(=O)CN3CCC(OC4CCN(C(=O)c5cccc(C6CCCN(C(=O)CN(Cc7ccc(F)cc7F)C(=O)OC(C)(C)C)C6)c5)CC4)CC3)CC2)c2ccc(Cl)cc2)CCN(c2ncnc3[nH]ccc23)CC1. The highest BCUT2D eigenvalue weighted by Gasteiger charge is 2.45. The number of aromatic amines is 1. The zero-order valence-corrected chi connectivity index (χ0v) is 54.7. The maximum Gasteiger partial charge on any atom is 0.411 e. The topological polar surface area (TPSA) is 218 Å². The second-order valence-electron chi connectivity index (χ2n) is 27.2. The summed E-state index contributed by atoms with van der Waals surface area (Å²) in [4.78, 5) is 109. The van der Waals surface area contributed by atoms with Crippen LogP contribution in [0, 0.1) is 11.6 Å². The molecule has 5 aliphatic rings. The first-order chi connectivity index (χ1) is 43.9. The number of likely N-dealkylation sites (tertiary alicyclic amines) is 3. The van der Waals surface area contributed by atoms with Crippen LogP contribution in [0.4, 0.5) is 24.2 Å². The molecule has 24 heteroatoms. The summed E-state index contributed by atoms with van der Waals surface area (Å²) in [7, 11) is 0. The number of carbonyl (C=O) groups excluding carboxylic acids is 6. The van der Waals surface area contributed by atoms with Gasteiger partial charge in [0.25, 0.3) is 5.91 Å². The maximum absolute atomic E-state index is 14.8. The van der Waals surface area contributed by atoms with Gasteiger partial charge in [0, 0.05) is 119 Å². The fourth-order valence-electron chi connectivity index (χ4n) is 13.1. The van der Waals surface area contributed by atoms with Gasteiger partial charge >= 0.3 is 12.2 Å². The summed E-state index contributed by atoms with van der Waals surface area (Å²) in [6, 6.07) is 19.7. The lowest BCUT2D eigenvalue weighted by atomic mass is 9.85. The molecule has 0 aliphatic carbocycles. The van der Waals surface area contributed by atoms with Crippen molar-refractivity contribution in [3.63, 3.8) is 0 Å². The Bertz CT molecular complexity index is 3380. The van der Waals surface area contributed by atoms with Gasteiger partial charge in [-0.1, -0.05) is 41.9 Å². The van der Waals surface area contributed by atoms with E-state index in [1.165, 1.54) is 12.4 Å². The first-order valence-electron chi connectivity index (χ1n) is 32.5. The average Bonchev–Trinajstić information content (AvgIpc) is 1.15. The van der Waals surface area contributed by atoms with Crippen LogP contribution in [0.3, 0.4) is 0 Å². The van der Waals surface area contributed by atoms with Crippen molar-refractivity contribution in [2.75, 3.05) is 103 Å². The predicted molar refractivity (Wildman–Crippen MR) is 345 cm³/mol. The number of hydrogen-bond donors (Lipinski definition) is 3. The number of hydrogen-bond acceptors (Lipinski definition) is 14. The molecule has 7 heterocycles. The number of nitrogens with one attached hydrogen (secondary N) is 3. The Morgan fingerprint density at radius 3 is 2.12 bits per heavy atom. The molecule has 6 amide bonds. The van der Waals surface area contributed by atoms with Crippen LogP contribution in [0.15, 0.2) is 85.3 Å². The van der Waals surface area contributed by atoms with E-state index < -0.39 is 46.6 Å². The lowest BCUT2D eigenvalue weighted by molar-refractivity contribution is -0.135. The Hall–Kier alpha value is -7.47. The number of amides is 6. The summed E-state index contributed by atoms with van der Waals surface area (Å²) in [6.07, 6.45) is 7.80. The van der Waals surface area contributed by atoms with Crippen LogP contribution in [0.5, 0.6) is 0 Å². The number of alkyl carbamates (subject to hydrolysis) is 1. The molecule has 5 aliphatic heterocycles. The lowest BCUT2D eigenvalue weighted by Gasteiger charge is -2.42. The third-order valence-corrected chi connectivity index (χ3v) is 18.5. The first-order valence-corrected chi connectivity index (χ1v) is 32.9. The zero-order valence-electron chi connectivity index (χ0n) is 53.9. The van der Waals surface area contributed by atoms with E-state index in [4.69, 9.17) is 25.8 Å². The van der Waals surface area contributed by atoms with Crippen molar-refractivity contribution in [1.29, 1.82) is 0 Å². The highest BCUT2D eigenvalue weighted by Crippen LogP contribution is 2.33. The second-order valence-corrected chi connectivity index (χ2v) is 27.6. The number of ether oxygens (including phenoxy) is 3. The highest BCUT2D eigenvalue weighted by atomic mass is 35.5. The number of nitrogens with zero attached hydrogens (tertiary/aromatic N) is 9. The number of aromatic nitrogens is 3. The minimum Gasteiger partial charge on any atom is -0.444 e. The molecule has 92 heavy (non-hydrogen) atoms. The third-order valence-electron chi connectivity index (χ3n) is 18.2. The number of anilines is 1. The van der Waals surface area contributed by atoms with Crippen LogP contribution >= 0.6 is 11.6 Å². The number of rotatable bonds is 18. The molecule has 0 bridgehead atoms. The van der Waals surface area contributed by atoms with Crippen LogP contribution in [0.25, 0.3) is 11.0 Å². The summed E-state index contributed by atoms with van der Waals surface area (Å²) >= 11 is 6.35. The molecule has 5 fully saturated rings. The Balaban J connectivity index is 0.649. The fourth-order valence-corrected chi connectivity index (χ4v) is 13.3. The van der Waals surface area contributed by atoms with E-state index in [2.05, 4.69) is 40.3 Å². The normalized spacial score (nSPS) is 19.3. The minimum absolute atomic E-state index is 0.0267. The van der Waals surface area contributed by atoms with E-state index in [9.17, 15) is 37.5 Å². The van der Waals surface area contributed by atoms with Crippen molar-refractivity contribution in [2.24, 2.45) is 0 Å². The molecular formula is C68H89ClF2N12O9. The Labute approximate surface area is 542 Å². The molecule has 0 spiro atoms. The van der Waals surface area contributed by atoms with Gasteiger partial charge in [-0.3, -0.25) is 33.9 Å². The molecule has 10 rings (SSSR count). The number of benzene rings is 3. The van der Waals surface area contributed by atoms with Crippen molar-refractivity contribution in [3.05, 3.63) is 124 Å². The number of halogens is 3. The van der Waals surface area contributed by atoms with Crippen LogP contribution in [-0.4, -0.2) is 207 Å². The van der Waals surface area contributed by atoms with Crippen LogP contribution in [0.2, 0.25) is 5.02 Å². The summed E-state index contributed by atoms with van der Waals surface area (Å²) in [5.74, 6) is -1.40. The molecule has 21 nitrogen and oxygen atoms in total. The number of piperidine rings is 4. The summed E-state index contributed by atoms with van der Waals surface area (Å²) in [5.41, 5.74) is 0.303. The molecule has 3 aromatic carbocycles. The maximum atomic E-state index is 14.8. The molecule has 0 radical (unpaired) electrons. The second kappa shape index (κ2) is 29.6. The lowest BCUT2D eigenvalue weighted by Crippen LogP contribution is -2.64. The molecule has 0 saturated carbocycles. The number of piperazine rings is 1. The Kier molecular flexibility index (Phi) is 21.7. The van der Waals surface area contributed by atoms with Gasteiger partial charge in [-0.25, -0.2) is 28.3 Å². The first kappa shape index (κ1) is 67.4. The van der Waals surface area contributed by atoms with Gasteiger partial charge in [0.2, 0.25) is 17.7 Å². The van der Waals surface area contributed by atoms with Gasteiger partial charge in [0.1, 0.15) is 52.7 Å². The summed E-state index contributed by atoms with van der Waals surface area (Å²) < 4.78 is 46.4. The van der Waals surface area contributed by atoms with Crippen molar-refractivity contribution < 1.29 is 51.8 Å². The van der Waals surface area contributed by atoms with Gasteiger partial charge in [0.05, 0.1) is 36.7 Å². The smallest absolute Gasteiger partial charge is 0.411 e. The van der Waals surface area contributed by atoms with E-state index in [-0.39, 0.29) is 60.4 Å². The van der Waals surface area contributed by atoms with Crippen LogP contribution in [0.1, 0.15) is 138 Å². The monoisotopic (exact) mass is 1290 g/mol. The van der Waals surface area contributed by atoms with Crippen LogP contribution in [-0.2, 0) is 35.1 Å². The zero-order chi connectivity index (χ0) is 65.3. The summed E-state index contributed by atoms with van der Waals surface area (Å²) in [5, 5.41) is 7.81. The Morgan fingerprint density at radius 1 is 0.739 bits per heavy atom. The quantitative estimate of drug-likeness (QED) is 0.0746. The molecule has 496 valence electrons. The van der Waals surface area contributed by atoms with E-state index in [1.807, 2.05) is 70.6 Å². The largest absolute Gasteiger partial charge is 0.444 e. The van der Waals surface area contributed by atoms with Crippen molar-refractivity contribution in [1.82, 2.24) is 55.0 Å². The van der Waals surface area contributed by atoms with E-state index >= 15 is 0 Å². The predicted octanol–water partition coefficient (Wildman–Crippen LogP) is 9.07. The van der Waals surface area contributed by atoms with E-state index in [1.54, 1.807) is 46.4 Å². The standard InChI is InChI=1S/C68H89ClF2N12O9/c1-66(2,3)91-64(88)76-68(24-33-80(34-25-68)61-55-18-26-72-60(55)73-45-74-61)63(87)75-57(46-12-15-51(69)16-13-46)23-30-77-35-37-79(38-36-77)58(84)43-78-28-19-53(20-29-78)90-54-21-31-81(32-22-54)62(86)48-10-7-9-47(39-48)49-11-8-27-82(41-49)59(85)44-83(65(89)92-67(4,5)6)42-50-14-17-52(70)40-56(50)71/h7,9-10,12-18,26,39-40,45,49,53-54,57H,8,11,19-25,27-38,41-44H2,1-6H3,(H,75,87)(H,76,88)(H,72,73,74)/t49?,57-/m0/s1. The Morgan fingerprint density at radius 2 is 1.43 bits per heavy atom. The minimum atomic E-state index is -1.26. The van der Waals surface area contributed by atoms with E-state index in [0.717, 1.165) is 90.2 Å². The number of H-pyrrole nitrogens is 1. The van der Waals surface area contributed by atoms with Gasteiger partial charge in [-0.15, -0.1) is 0 Å². The van der Waals surface area contributed by atoms with Gasteiger partial charge in [-0.2, -0.15) is 0 Å². The van der Waals surface area contributed by atoms with Crippen molar-refractivity contribution in [3.8, 4) is 0 Å². The fraction of sp³-hybridized carbons (Fsp3) is 0.559. The van der Waals surface area contributed by atoms with Crippen molar-refractivity contribution in [2.45, 2.75) is 147 Å². The summed E-state index contributed by atoms with van der Waals surface area (Å²) in [6.45, 7) is 17.8. The molecule has 2 atom stereocenters. The average molecular weight is 1290 g/mol. The molecule has 5 saturated heterocycles. The van der Waals surface area contributed by atoms with Crippen molar-refractivity contribution >= 4 is 64.3 Å².